The molecular weight excluding hydrogens is 518 g/mol. The van der Waals surface area contributed by atoms with Crippen LogP contribution in [0.25, 0.3) is 31.0 Å². The van der Waals surface area contributed by atoms with Gasteiger partial charge in [-0.2, -0.15) is 5.10 Å². The molecule has 9 heteroatoms. The molecule has 192 valence electrons. The first-order valence-electron chi connectivity index (χ1n) is 12.3. The molecule has 1 saturated carbocycles. The molecule has 3 aromatic heterocycles. The standard InChI is InChI=1S/C29H25N3O4S2/c1-17(18-6-4-3-5-7-18)36-28(35)31-26-21(16-30-32(26)2)19-8-10-20(11-9-19)22-14-23-24(37-22)15-25(38-23)29(12-13-29)27(33)34/h3-11,14-17H,12-13H2,1-2H3,(H,31,35)(H,33,34). The first-order valence-corrected chi connectivity index (χ1v) is 13.9. The van der Waals surface area contributed by atoms with Crippen molar-refractivity contribution < 1.29 is 19.4 Å². The smallest absolute Gasteiger partial charge is 0.413 e. The number of aryl methyl sites for hydroxylation is 1. The van der Waals surface area contributed by atoms with Gasteiger partial charge in [-0.3, -0.25) is 14.8 Å². The minimum atomic E-state index is -0.717. The number of carboxylic acid groups (broad SMARTS) is 1. The highest BCUT2D eigenvalue weighted by molar-refractivity contribution is 7.29. The zero-order valence-corrected chi connectivity index (χ0v) is 22.4. The number of ether oxygens (including phenoxy) is 1. The van der Waals surface area contributed by atoms with Gasteiger partial charge in [-0.25, -0.2) is 4.79 Å². The van der Waals surface area contributed by atoms with Crippen molar-refractivity contribution in [3.8, 4) is 21.6 Å². The zero-order valence-electron chi connectivity index (χ0n) is 20.8. The number of carbonyl (C=O) groups excluding carboxylic acids is 1. The number of carboxylic acids is 1. The van der Waals surface area contributed by atoms with E-state index in [2.05, 4.69) is 34.7 Å². The van der Waals surface area contributed by atoms with Crippen molar-refractivity contribution in [2.45, 2.75) is 31.3 Å². The van der Waals surface area contributed by atoms with Crippen molar-refractivity contribution in [3.63, 3.8) is 0 Å². The Kier molecular flexibility index (Phi) is 6.04. The number of amides is 1. The van der Waals surface area contributed by atoms with Crippen LogP contribution in [0.1, 0.15) is 36.3 Å². The maximum atomic E-state index is 12.7. The van der Waals surface area contributed by atoms with Gasteiger partial charge in [0.2, 0.25) is 0 Å². The number of fused-ring (bicyclic) bond motifs is 1. The van der Waals surface area contributed by atoms with Crippen LogP contribution in [0.4, 0.5) is 10.6 Å². The molecule has 1 aliphatic carbocycles. The molecule has 0 radical (unpaired) electrons. The molecule has 3 heterocycles. The van der Waals surface area contributed by atoms with Gasteiger partial charge in [-0.1, -0.05) is 54.6 Å². The number of carbonyl (C=O) groups is 2. The van der Waals surface area contributed by atoms with Gasteiger partial charge in [-0.05, 0) is 48.6 Å². The van der Waals surface area contributed by atoms with Gasteiger partial charge in [0.05, 0.1) is 6.20 Å². The van der Waals surface area contributed by atoms with Gasteiger partial charge < -0.3 is 9.84 Å². The number of benzene rings is 2. The quantitative estimate of drug-likeness (QED) is 0.222. The van der Waals surface area contributed by atoms with E-state index in [1.807, 2.05) is 49.4 Å². The summed E-state index contributed by atoms with van der Waals surface area (Å²) < 4.78 is 9.44. The maximum absolute atomic E-state index is 12.7. The highest BCUT2D eigenvalue weighted by Gasteiger charge is 2.53. The summed E-state index contributed by atoms with van der Waals surface area (Å²) in [6.45, 7) is 1.84. The lowest BCUT2D eigenvalue weighted by molar-refractivity contribution is -0.139. The fourth-order valence-corrected chi connectivity index (χ4v) is 7.23. The minimum Gasteiger partial charge on any atom is -0.481 e. The van der Waals surface area contributed by atoms with Crippen LogP contribution in [-0.4, -0.2) is 26.9 Å². The second-order valence-corrected chi connectivity index (χ2v) is 11.7. The lowest BCUT2D eigenvalue weighted by atomic mass is 10.1. The predicted molar refractivity (Wildman–Crippen MR) is 151 cm³/mol. The number of nitrogens with zero attached hydrogens (tertiary/aromatic N) is 2. The zero-order chi connectivity index (χ0) is 26.4. The highest BCUT2D eigenvalue weighted by Crippen LogP contribution is 2.53. The van der Waals surface area contributed by atoms with Crippen LogP contribution < -0.4 is 5.32 Å². The van der Waals surface area contributed by atoms with Crippen LogP contribution in [0, 0.1) is 0 Å². The average Bonchev–Trinajstić information content (AvgIpc) is 3.32. The van der Waals surface area contributed by atoms with E-state index in [9.17, 15) is 14.7 Å². The molecule has 0 bridgehead atoms. The summed E-state index contributed by atoms with van der Waals surface area (Å²) in [4.78, 5) is 26.4. The highest BCUT2D eigenvalue weighted by atomic mass is 32.1. The Hall–Kier alpha value is -3.95. The van der Waals surface area contributed by atoms with E-state index in [0.29, 0.717) is 5.82 Å². The Morgan fingerprint density at radius 2 is 1.71 bits per heavy atom. The molecule has 1 aliphatic rings. The normalized spacial score (nSPS) is 14.8. The number of thiophene rings is 2. The van der Waals surface area contributed by atoms with E-state index in [-0.39, 0.29) is 6.10 Å². The van der Waals surface area contributed by atoms with Crippen LogP contribution in [0.5, 0.6) is 0 Å². The summed E-state index contributed by atoms with van der Waals surface area (Å²) >= 11 is 3.27. The van der Waals surface area contributed by atoms with Crippen LogP contribution >= 0.6 is 22.7 Å². The second-order valence-electron chi connectivity index (χ2n) is 9.53. The molecule has 0 aliphatic heterocycles. The summed E-state index contributed by atoms with van der Waals surface area (Å²) in [7, 11) is 1.77. The number of anilines is 1. The molecule has 1 fully saturated rings. The van der Waals surface area contributed by atoms with Crippen LogP contribution in [0.3, 0.4) is 0 Å². The molecule has 0 spiro atoms. The van der Waals surface area contributed by atoms with Crippen molar-refractivity contribution in [3.05, 3.63) is 83.4 Å². The Morgan fingerprint density at radius 3 is 2.37 bits per heavy atom. The maximum Gasteiger partial charge on any atom is 0.413 e. The molecule has 1 amide bonds. The first kappa shape index (κ1) is 24.4. The first-order chi connectivity index (χ1) is 18.3. The molecule has 1 unspecified atom stereocenters. The number of rotatable bonds is 7. The molecule has 5 aromatic rings. The van der Waals surface area contributed by atoms with Crippen molar-refractivity contribution >= 4 is 50.0 Å². The van der Waals surface area contributed by atoms with Gasteiger partial charge in [0.15, 0.2) is 0 Å². The molecule has 2 N–H and O–H groups in total. The molecule has 38 heavy (non-hydrogen) atoms. The van der Waals surface area contributed by atoms with Gasteiger partial charge in [0, 0.05) is 31.8 Å². The summed E-state index contributed by atoms with van der Waals surface area (Å²) in [6.07, 6.45) is 2.24. The third-order valence-electron chi connectivity index (χ3n) is 7.03. The third-order valence-corrected chi connectivity index (χ3v) is 9.58. The van der Waals surface area contributed by atoms with Crippen molar-refractivity contribution in [2.75, 3.05) is 5.32 Å². The topological polar surface area (TPSA) is 93.4 Å². The number of aliphatic carboxylic acids is 1. The summed E-state index contributed by atoms with van der Waals surface area (Å²) in [5.41, 5.74) is 3.06. The lowest BCUT2D eigenvalue weighted by Crippen LogP contribution is -2.18. The molecular formula is C29H25N3O4S2. The van der Waals surface area contributed by atoms with E-state index in [0.717, 1.165) is 54.2 Å². The molecule has 6 rings (SSSR count). The van der Waals surface area contributed by atoms with Crippen LogP contribution in [-0.2, 0) is 22.0 Å². The summed E-state index contributed by atoms with van der Waals surface area (Å²) in [6, 6.07) is 21.9. The van der Waals surface area contributed by atoms with E-state index in [1.54, 1.807) is 40.6 Å². The van der Waals surface area contributed by atoms with Gasteiger partial charge in [-0.15, -0.1) is 22.7 Å². The SMILES string of the molecule is CC(OC(=O)Nc1c(-c2ccc(-c3cc4sc(C5(C(=O)O)CC5)cc4s3)cc2)cnn1C)c1ccccc1. The van der Waals surface area contributed by atoms with Crippen molar-refractivity contribution in [2.24, 2.45) is 7.05 Å². The van der Waals surface area contributed by atoms with E-state index in [1.165, 1.54) is 0 Å². The average molecular weight is 544 g/mol. The summed E-state index contributed by atoms with van der Waals surface area (Å²) in [5, 5.41) is 16.8. The van der Waals surface area contributed by atoms with Crippen LogP contribution in [0.15, 0.2) is 72.9 Å². The van der Waals surface area contributed by atoms with Crippen molar-refractivity contribution in [1.29, 1.82) is 0 Å². The van der Waals surface area contributed by atoms with Crippen molar-refractivity contribution in [1.82, 2.24) is 9.78 Å². The van der Waals surface area contributed by atoms with Gasteiger partial charge in [0.1, 0.15) is 17.3 Å². The van der Waals surface area contributed by atoms with E-state index >= 15 is 0 Å². The van der Waals surface area contributed by atoms with E-state index in [4.69, 9.17) is 4.74 Å². The van der Waals surface area contributed by atoms with Gasteiger partial charge in [0.25, 0.3) is 0 Å². The Balaban J connectivity index is 1.19. The minimum absolute atomic E-state index is 0.386. The number of hydrogen-bond acceptors (Lipinski definition) is 6. The predicted octanol–water partition coefficient (Wildman–Crippen LogP) is 7.46. The Morgan fingerprint density at radius 1 is 1.03 bits per heavy atom. The molecule has 1 atom stereocenters. The largest absolute Gasteiger partial charge is 0.481 e. The third kappa shape index (κ3) is 4.37. The lowest BCUT2D eigenvalue weighted by Gasteiger charge is -2.15. The fraction of sp³-hybridized carbons (Fsp3) is 0.207. The van der Waals surface area contributed by atoms with Gasteiger partial charge >= 0.3 is 12.1 Å². The Labute approximate surface area is 227 Å². The molecule has 7 nitrogen and oxygen atoms in total. The number of aromatic nitrogens is 2. The monoisotopic (exact) mass is 543 g/mol. The number of hydrogen-bond donors (Lipinski definition) is 2. The number of nitrogens with one attached hydrogen (secondary N) is 1. The molecule has 2 aromatic carbocycles. The van der Waals surface area contributed by atoms with Crippen LogP contribution in [0.2, 0.25) is 0 Å². The second kappa shape index (κ2) is 9.41. The molecule has 0 saturated heterocycles. The fourth-order valence-electron chi connectivity index (χ4n) is 4.59. The van der Waals surface area contributed by atoms with E-state index < -0.39 is 17.5 Å². The Bertz CT molecular complexity index is 1610. The summed E-state index contributed by atoms with van der Waals surface area (Å²) in [5.74, 6) is -0.162.